The summed E-state index contributed by atoms with van der Waals surface area (Å²) < 4.78 is 0. The fourth-order valence-electron chi connectivity index (χ4n) is 0.571. The number of allylic oxidation sites excluding steroid dienone is 2. The SMILES string of the molecule is CCCC(Br)C=CCBr. The molecule has 0 amide bonds. The molecule has 0 bridgehead atoms. The second-order valence-corrected chi connectivity index (χ2v) is 3.71. The zero-order chi connectivity index (χ0) is 7.11. The Hall–Kier alpha value is 0.700. The predicted octanol–water partition coefficient (Wildman–Crippen LogP) is 3.50. The highest BCUT2D eigenvalue weighted by Crippen LogP contribution is 2.08. The molecule has 0 aliphatic rings. The van der Waals surface area contributed by atoms with Crippen LogP contribution in [-0.2, 0) is 0 Å². The Morgan fingerprint density at radius 2 is 2.22 bits per heavy atom. The first-order valence-electron chi connectivity index (χ1n) is 3.18. The summed E-state index contributed by atoms with van der Waals surface area (Å²) in [6.07, 6.45) is 6.76. The monoisotopic (exact) mass is 254 g/mol. The molecule has 54 valence electrons. The zero-order valence-electron chi connectivity index (χ0n) is 5.61. The second kappa shape index (κ2) is 6.81. The highest BCUT2D eigenvalue weighted by Gasteiger charge is 1.93. The third kappa shape index (κ3) is 6.59. The number of rotatable bonds is 4. The summed E-state index contributed by atoms with van der Waals surface area (Å²) in [6.45, 7) is 2.19. The Morgan fingerprint density at radius 1 is 1.56 bits per heavy atom. The summed E-state index contributed by atoms with van der Waals surface area (Å²) in [5.41, 5.74) is 0. The van der Waals surface area contributed by atoms with E-state index >= 15 is 0 Å². The van der Waals surface area contributed by atoms with Gasteiger partial charge in [-0.15, -0.1) is 0 Å². The van der Waals surface area contributed by atoms with Crippen LogP contribution in [0.1, 0.15) is 19.8 Å². The maximum absolute atomic E-state index is 3.53. The van der Waals surface area contributed by atoms with E-state index in [1.807, 2.05) is 0 Å². The Morgan fingerprint density at radius 3 is 2.67 bits per heavy atom. The lowest BCUT2D eigenvalue weighted by molar-refractivity contribution is 0.835. The fraction of sp³-hybridized carbons (Fsp3) is 0.714. The summed E-state index contributed by atoms with van der Waals surface area (Å²) in [5, 5.41) is 0.957. The van der Waals surface area contributed by atoms with Crippen LogP contribution in [0.4, 0.5) is 0 Å². The van der Waals surface area contributed by atoms with Gasteiger partial charge >= 0.3 is 0 Å². The van der Waals surface area contributed by atoms with Crippen molar-refractivity contribution in [2.45, 2.75) is 24.6 Å². The summed E-state index contributed by atoms with van der Waals surface area (Å²) >= 11 is 6.85. The maximum atomic E-state index is 3.53. The third-order valence-electron chi connectivity index (χ3n) is 0.998. The van der Waals surface area contributed by atoms with Crippen molar-refractivity contribution >= 4 is 31.9 Å². The van der Waals surface area contributed by atoms with Gasteiger partial charge in [-0.25, -0.2) is 0 Å². The normalized spacial score (nSPS) is 14.6. The van der Waals surface area contributed by atoms with E-state index in [1.165, 1.54) is 12.8 Å². The summed E-state index contributed by atoms with van der Waals surface area (Å²) in [7, 11) is 0. The molecule has 0 N–H and O–H groups in total. The smallest absolute Gasteiger partial charge is 0.0325 e. The molecule has 1 unspecified atom stereocenters. The van der Waals surface area contributed by atoms with Crippen molar-refractivity contribution in [1.82, 2.24) is 0 Å². The summed E-state index contributed by atoms with van der Waals surface area (Å²) in [4.78, 5) is 0.569. The molecule has 0 aliphatic carbocycles. The van der Waals surface area contributed by atoms with Gasteiger partial charge in [0.25, 0.3) is 0 Å². The minimum absolute atomic E-state index is 0.569. The second-order valence-electron chi connectivity index (χ2n) is 1.89. The summed E-state index contributed by atoms with van der Waals surface area (Å²) in [5.74, 6) is 0. The van der Waals surface area contributed by atoms with E-state index in [-0.39, 0.29) is 0 Å². The molecule has 0 radical (unpaired) electrons. The first kappa shape index (κ1) is 9.70. The van der Waals surface area contributed by atoms with Crippen LogP contribution in [0.2, 0.25) is 0 Å². The number of hydrogen-bond acceptors (Lipinski definition) is 0. The Balaban J connectivity index is 3.25. The lowest BCUT2D eigenvalue weighted by Gasteiger charge is -1.98. The van der Waals surface area contributed by atoms with E-state index in [1.54, 1.807) is 0 Å². The third-order valence-corrected chi connectivity index (χ3v) is 2.14. The molecule has 0 spiro atoms. The highest BCUT2D eigenvalue weighted by atomic mass is 79.9. The number of halogens is 2. The molecule has 0 aromatic rings. The molecule has 0 aromatic heterocycles. The molecule has 0 aliphatic heterocycles. The lowest BCUT2D eigenvalue weighted by atomic mass is 10.2. The molecule has 0 aromatic carbocycles. The van der Waals surface area contributed by atoms with Gasteiger partial charge in [0.15, 0.2) is 0 Å². The van der Waals surface area contributed by atoms with Crippen LogP contribution in [0.3, 0.4) is 0 Å². The van der Waals surface area contributed by atoms with Crippen molar-refractivity contribution in [3.63, 3.8) is 0 Å². The minimum Gasteiger partial charge on any atom is -0.0883 e. The molecule has 0 rings (SSSR count). The van der Waals surface area contributed by atoms with Gasteiger partial charge < -0.3 is 0 Å². The highest BCUT2D eigenvalue weighted by molar-refractivity contribution is 9.09. The molecule has 0 saturated carbocycles. The van der Waals surface area contributed by atoms with Crippen molar-refractivity contribution in [3.05, 3.63) is 12.2 Å². The van der Waals surface area contributed by atoms with E-state index < -0.39 is 0 Å². The van der Waals surface area contributed by atoms with Crippen LogP contribution in [0.15, 0.2) is 12.2 Å². The van der Waals surface area contributed by atoms with E-state index in [9.17, 15) is 0 Å². The first-order valence-corrected chi connectivity index (χ1v) is 5.21. The topological polar surface area (TPSA) is 0 Å². The Kier molecular flexibility index (Phi) is 7.34. The quantitative estimate of drug-likeness (QED) is 0.533. The van der Waals surface area contributed by atoms with E-state index in [0.29, 0.717) is 4.83 Å². The van der Waals surface area contributed by atoms with Crippen molar-refractivity contribution in [2.24, 2.45) is 0 Å². The zero-order valence-corrected chi connectivity index (χ0v) is 8.78. The Labute approximate surface area is 74.0 Å². The molecule has 2 heteroatoms. The largest absolute Gasteiger partial charge is 0.0883 e. The average Bonchev–Trinajstić information content (AvgIpc) is 1.85. The standard InChI is InChI=1S/C7H12Br2/c1-2-4-7(9)5-3-6-8/h3,5,7H,2,4,6H2,1H3. The molecule has 1 atom stereocenters. The van der Waals surface area contributed by atoms with Gasteiger partial charge in [0, 0.05) is 10.2 Å². The molecule has 0 saturated heterocycles. The molecular weight excluding hydrogens is 244 g/mol. The average molecular weight is 256 g/mol. The van der Waals surface area contributed by atoms with Crippen LogP contribution in [0.5, 0.6) is 0 Å². The predicted molar refractivity (Wildman–Crippen MR) is 50.6 cm³/mol. The van der Waals surface area contributed by atoms with E-state index in [2.05, 4.69) is 50.9 Å². The molecule has 9 heavy (non-hydrogen) atoms. The van der Waals surface area contributed by atoms with E-state index in [0.717, 1.165) is 5.33 Å². The first-order chi connectivity index (χ1) is 4.31. The van der Waals surface area contributed by atoms with Crippen LogP contribution < -0.4 is 0 Å². The van der Waals surface area contributed by atoms with Crippen molar-refractivity contribution in [2.75, 3.05) is 5.33 Å². The molecule has 0 fully saturated rings. The van der Waals surface area contributed by atoms with Gasteiger partial charge in [0.2, 0.25) is 0 Å². The van der Waals surface area contributed by atoms with Crippen LogP contribution in [0, 0.1) is 0 Å². The Bertz CT molecular complexity index is 79.0. The number of hydrogen-bond donors (Lipinski definition) is 0. The van der Waals surface area contributed by atoms with Crippen molar-refractivity contribution in [3.8, 4) is 0 Å². The minimum atomic E-state index is 0.569. The van der Waals surface area contributed by atoms with Gasteiger partial charge in [-0.3, -0.25) is 0 Å². The lowest BCUT2D eigenvalue weighted by Crippen LogP contribution is -1.89. The van der Waals surface area contributed by atoms with Crippen LogP contribution >= 0.6 is 31.9 Å². The maximum Gasteiger partial charge on any atom is 0.0325 e. The van der Waals surface area contributed by atoms with E-state index in [4.69, 9.17) is 0 Å². The fourth-order valence-corrected chi connectivity index (χ4v) is 1.46. The van der Waals surface area contributed by atoms with Crippen LogP contribution in [-0.4, -0.2) is 10.2 Å². The van der Waals surface area contributed by atoms with Gasteiger partial charge in [0.1, 0.15) is 0 Å². The van der Waals surface area contributed by atoms with Gasteiger partial charge in [-0.05, 0) is 6.42 Å². The van der Waals surface area contributed by atoms with Crippen molar-refractivity contribution in [1.29, 1.82) is 0 Å². The van der Waals surface area contributed by atoms with Crippen molar-refractivity contribution < 1.29 is 0 Å². The molecular formula is C7H12Br2. The van der Waals surface area contributed by atoms with Gasteiger partial charge in [-0.2, -0.15) is 0 Å². The van der Waals surface area contributed by atoms with Crippen LogP contribution in [0.25, 0.3) is 0 Å². The summed E-state index contributed by atoms with van der Waals surface area (Å²) in [6, 6.07) is 0. The molecule has 0 nitrogen and oxygen atoms in total. The van der Waals surface area contributed by atoms with Gasteiger partial charge in [-0.1, -0.05) is 57.4 Å². The molecule has 0 heterocycles. The van der Waals surface area contributed by atoms with Gasteiger partial charge in [0.05, 0.1) is 0 Å². The number of alkyl halides is 2.